The van der Waals surface area contributed by atoms with E-state index in [-0.39, 0.29) is 9.79 Å². The van der Waals surface area contributed by atoms with Gasteiger partial charge in [-0.2, -0.15) is 9.97 Å². The molecule has 9 heteroatoms. The third-order valence-corrected chi connectivity index (χ3v) is 15.7. The van der Waals surface area contributed by atoms with Crippen molar-refractivity contribution in [2.75, 3.05) is 0 Å². The smallest absolute Gasteiger partial charge is 0.238 e. The Labute approximate surface area is 413 Å². The molecule has 0 fully saturated rings. The summed E-state index contributed by atoms with van der Waals surface area (Å²) in [6, 6.07) is 81.0. The van der Waals surface area contributed by atoms with Gasteiger partial charge in [0.15, 0.2) is 11.6 Å². The number of benzene rings is 10. The Balaban J connectivity index is 0.793. The Kier molecular flexibility index (Phi) is 9.42. The van der Waals surface area contributed by atoms with Crippen LogP contribution in [0.2, 0.25) is 0 Å². The van der Waals surface area contributed by atoms with Gasteiger partial charge in [-0.15, -0.1) is 0 Å². The maximum absolute atomic E-state index is 14.3. The fourth-order valence-corrected chi connectivity index (χ4v) is 11.8. The molecule has 4 aromatic heterocycles. The number of rotatable bonds is 8. The Bertz CT molecular complexity index is 4450. The van der Waals surface area contributed by atoms with E-state index in [0.717, 1.165) is 88.3 Å². The number of hydrogen-bond acceptors (Lipinski definition) is 5. The summed E-state index contributed by atoms with van der Waals surface area (Å²) in [4.78, 5) is 15.5. The van der Waals surface area contributed by atoms with Gasteiger partial charge in [-0.05, 0) is 102 Å². The van der Waals surface area contributed by atoms with Gasteiger partial charge in [0.1, 0.15) is 0 Å². The molecule has 0 amide bonds. The zero-order chi connectivity index (χ0) is 47.9. The van der Waals surface area contributed by atoms with Crippen LogP contribution in [0.5, 0.6) is 0 Å². The van der Waals surface area contributed by atoms with Gasteiger partial charge in [0.2, 0.25) is 15.8 Å². The lowest BCUT2D eigenvalue weighted by atomic mass is 10.0. The largest absolute Gasteiger partial charge is 0.309 e. The molecule has 0 aliphatic carbocycles. The number of nitrogens with zero attached hydrogens (tertiary/aromatic N) is 6. The third-order valence-electron chi connectivity index (χ3n) is 14.0. The van der Waals surface area contributed by atoms with E-state index in [4.69, 9.17) is 15.0 Å². The first-order valence-corrected chi connectivity index (χ1v) is 25.3. The highest BCUT2D eigenvalue weighted by molar-refractivity contribution is 7.91. The number of hydrogen-bond donors (Lipinski definition) is 0. The first-order chi connectivity index (χ1) is 35.5. The minimum Gasteiger partial charge on any atom is -0.309 e. The van der Waals surface area contributed by atoms with Gasteiger partial charge < -0.3 is 9.13 Å². The second-order valence-corrected chi connectivity index (χ2v) is 20.0. The first-order valence-electron chi connectivity index (χ1n) is 23.8. The van der Waals surface area contributed by atoms with Crippen LogP contribution in [0.4, 0.5) is 0 Å². The number of fused-ring (bicyclic) bond motifs is 9. The zero-order valence-corrected chi connectivity index (χ0v) is 39.3. The van der Waals surface area contributed by atoms with Crippen molar-refractivity contribution in [1.29, 1.82) is 0 Å². The van der Waals surface area contributed by atoms with Crippen molar-refractivity contribution in [3.63, 3.8) is 0 Å². The summed E-state index contributed by atoms with van der Waals surface area (Å²) in [7, 11) is -3.85. The number of sulfone groups is 1. The van der Waals surface area contributed by atoms with Gasteiger partial charge >= 0.3 is 0 Å². The molecule has 0 spiro atoms. The normalized spacial score (nSPS) is 12.0. The molecule has 4 heterocycles. The molecule has 14 aromatic rings. The van der Waals surface area contributed by atoms with Crippen LogP contribution in [0.3, 0.4) is 0 Å². The van der Waals surface area contributed by atoms with Gasteiger partial charge in [-0.3, -0.25) is 4.57 Å². The molecule has 0 radical (unpaired) electrons. The van der Waals surface area contributed by atoms with Crippen LogP contribution in [0.1, 0.15) is 0 Å². The summed E-state index contributed by atoms with van der Waals surface area (Å²) in [6.45, 7) is 0. The topological polar surface area (TPSA) is 87.6 Å². The highest BCUT2D eigenvalue weighted by Crippen LogP contribution is 2.39. The Morgan fingerprint density at radius 2 is 0.653 bits per heavy atom. The van der Waals surface area contributed by atoms with Gasteiger partial charge in [-0.25, -0.2) is 13.4 Å². The van der Waals surface area contributed by atoms with Gasteiger partial charge in [0.05, 0.1) is 42.9 Å². The van der Waals surface area contributed by atoms with Crippen molar-refractivity contribution < 1.29 is 8.42 Å². The van der Waals surface area contributed by atoms with Crippen LogP contribution in [-0.4, -0.2) is 37.1 Å². The molecule has 0 bridgehead atoms. The second kappa shape index (κ2) is 16.3. The van der Waals surface area contributed by atoms with Gasteiger partial charge in [0.25, 0.3) is 0 Å². The monoisotopic (exact) mass is 944 g/mol. The van der Waals surface area contributed by atoms with Crippen molar-refractivity contribution in [2.24, 2.45) is 0 Å². The van der Waals surface area contributed by atoms with Crippen LogP contribution < -0.4 is 0 Å². The van der Waals surface area contributed by atoms with Crippen molar-refractivity contribution in [1.82, 2.24) is 28.7 Å². The summed E-state index contributed by atoms with van der Waals surface area (Å²) >= 11 is 0. The molecule has 8 nitrogen and oxygen atoms in total. The summed E-state index contributed by atoms with van der Waals surface area (Å²) in [5.74, 6) is 1.69. The van der Waals surface area contributed by atoms with Crippen molar-refractivity contribution >= 4 is 75.3 Å². The molecular weight excluding hydrogens is 905 g/mol. The molecule has 0 aliphatic heterocycles. The second-order valence-electron chi connectivity index (χ2n) is 18.0. The predicted octanol–water partition coefficient (Wildman–Crippen LogP) is 15.0. The Morgan fingerprint density at radius 1 is 0.278 bits per heavy atom. The standard InChI is InChI=1S/C63H40N6O2S/c70-72(71,48-35-30-45(31-36-48)67-57-25-13-9-22-52(57)54-40-46(32-38-59(54)67)68-55-23-11-7-19-49(55)50-20-8-12-24-56(50)68)47-33-27-41(28-34-47)44-29-37-60-53(39-44)51-21-10-14-26-58(51)69(60)63-65-61(42-15-3-1-4-16-42)64-62(66-63)43-17-5-2-6-18-43/h1-40H. The summed E-state index contributed by atoms with van der Waals surface area (Å²) in [5, 5.41) is 6.74. The van der Waals surface area contributed by atoms with E-state index in [1.165, 1.54) is 10.8 Å². The molecule has 0 unspecified atom stereocenters. The summed E-state index contributed by atoms with van der Waals surface area (Å²) in [5.41, 5.74) is 11.9. The zero-order valence-electron chi connectivity index (χ0n) is 38.5. The number of para-hydroxylation sites is 4. The molecule has 0 N–H and O–H groups in total. The van der Waals surface area contributed by atoms with E-state index in [1.54, 1.807) is 24.3 Å². The van der Waals surface area contributed by atoms with Crippen molar-refractivity contribution in [3.05, 3.63) is 243 Å². The highest BCUT2D eigenvalue weighted by atomic mass is 32.2. The van der Waals surface area contributed by atoms with Crippen molar-refractivity contribution in [3.8, 4) is 51.2 Å². The fourth-order valence-electron chi connectivity index (χ4n) is 10.6. The summed E-state index contributed by atoms with van der Waals surface area (Å²) < 4.78 is 35.3. The maximum Gasteiger partial charge on any atom is 0.238 e. The van der Waals surface area contributed by atoms with E-state index in [2.05, 4.69) is 129 Å². The molecule has 10 aromatic carbocycles. The fraction of sp³-hybridized carbons (Fsp3) is 0. The molecule has 0 aliphatic rings. The lowest BCUT2D eigenvalue weighted by molar-refractivity contribution is 0.596. The Morgan fingerprint density at radius 3 is 1.19 bits per heavy atom. The minimum absolute atomic E-state index is 0.226. The number of aromatic nitrogens is 6. The van der Waals surface area contributed by atoms with Crippen LogP contribution >= 0.6 is 0 Å². The van der Waals surface area contributed by atoms with E-state index >= 15 is 0 Å². The third kappa shape index (κ3) is 6.59. The van der Waals surface area contributed by atoms with E-state index in [9.17, 15) is 8.42 Å². The van der Waals surface area contributed by atoms with E-state index in [1.807, 2.05) is 103 Å². The molecule has 340 valence electrons. The average molecular weight is 945 g/mol. The van der Waals surface area contributed by atoms with Crippen LogP contribution in [0.25, 0.3) is 117 Å². The van der Waals surface area contributed by atoms with E-state index in [0.29, 0.717) is 17.6 Å². The maximum atomic E-state index is 14.3. The first kappa shape index (κ1) is 41.5. The highest BCUT2D eigenvalue weighted by Gasteiger charge is 2.22. The lowest BCUT2D eigenvalue weighted by Gasteiger charge is -2.12. The molecule has 14 rings (SSSR count). The minimum atomic E-state index is -3.85. The quantitative estimate of drug-likeness (QED) is 0.151. The molecule has 0 atom stereocenters. The van der Waals surface area contributed by atoms with Crippen LogP contribution in [-0.2, 0) is 9.84 Å². The predicted molar refractivity (Wildman–Crippen MR) is 291 cm³/mol. The van der Waals surface area contributed by atoms with E-state index < -0.39 is 9.84 Å². The summed E-state index contributed by atoms with van der Waals surface area (Å²) in [6.07, 6.45) is 0. The average Bonchev–Trinajstić information content (AvgIpc) is 4.09. The molecule has 0 saturated carbocycles. The SMILES string of the molecule is O=S(=O)(c1ccc(-c2ccc3c(c2)c2ccccc2n3-c2nc(-c3ccccc3)nc(-c3ccccc3)n2)cc1)c1ccc(-n2c3ccccc3c3cc(-n4c5ccccc5c5ccccc54)ccc32)cc1. The van der Waals surface area contributed by atoms with Crippen LogP contribution in [0.15, 0.2) is 252 Å². The lowest BCUT2D eigenvalue weighted by Crippen LogP contribution is -2.06. The molecule has 0 saturated heterocycles. The Hall–Kier alpha value is -9.44. The van der Waals surface area contributed by atoms with Crippen molar-refractivity contribution in [2.45, 2.75) is 9.79 Å². The van der Waals surface area contributed by atoms with Gasteiger partial charge in [-0.1, -0.05) is 152 Å². The molecule has 72 heavy (non-hydrogen) atoms. The molecular formula is C63H40N6O2S. The van der Waals surface area contributed by atoms with Crippen LogP contribution in [0, 0.1) is 0 Å². The van der Waals surface area contributed by atoms with Gasteiger partial charge in [0, 0.05) is 54.8 Å².